The van der Waals surface area contributed by atoms with Gasteiger partial charge in [-0.25, -0.2) is 0 Å². The summed E-state index contributed by atoms with van der Waals surface area (Å²) in [5.41, 5.74) is 1.02. The van der Waals surface area contributed by atoms with Crippen molar-refractivity contribution < 1.29 is 9.84 Å². The Morgan fingerprint density at radius 2 is 2.23 bits per heavy atom. The summed E-state index contributed by atoms with van der Waals surface area (Å²) < 4.78 is 5.79. The number of phenolic OH excluding ortho intramolecular Hbond substituents is 1. The molecule has 1 aromatic rings. The highest BCUT2D eigenvalue weighted by Crippen LogP contribution is 2.46. The Kier molecular flexibility index (Phi) is 1.14. The molecule has 3 rings (SSSR count). The number of fused-ring (bicyclic) bond motifs is 1. The van der Waals surface area contributed by atoms with Gasteiger partial charge in [-0.2, -0.15) is 0 Å². The van der Waals surface area contributed by atoms with Crippen molar-refractivity contribution in [1.29, 1.82) is 0 Å². The maximum absolute atomic E-state index is 9.27. The third-order valence-electron chi connectivity index (χ3n) is 2.70. The van der Waals surface area contributed by atoms with Gasteiger partial charge in [-0.05, 0) is 25.0 Å². The standard InChI is InChI=1S/C10H11NO2/c12-7-1-2-8-9(5-7)13-10(3-4-10)6-11-8/h1-2,5,11-12H,3-4,6H2. The van der Waals surface area contributed by atoms with E-state index in [0.717, 1.165) is 30.8 Å². The maximum Gasteiger partial charge on any atom is 0.147 e. The van der Waals surface area contributed by atoms with Gasteiger partial charge in [0, 0.05) is 6.07 Å². The molecule has 2 aliphatic rings. The number of rotatable bonds is 0. The molecule has 1 spiro atoms. The fourth-order valence-corrected chi connectivity index (χ4v) is 1.69. The van der Waals surface area contributed by atoms with Crippen LogP contribution in [0.4, 0.5) is 5.69 Å². The fourth-order valence-electron chi connectivity index (χ4n) is 1.69. The number of phenols is 1. The zero-order chi connectivity index (χ0) is 8.89. The second kappa shape index (κ2) is 2.10. The quantitative estimate of drug-likeness (QED) is 0.593. The number of nitrogens with one attached hydrogen (secondary N) is 1. The van der Waals surface area contributed by atoms with Crippen LogP contribution in [0.2, 0.25) is 0 Å². The highest BCUT2D eigenvalue weighted by Gasteiger charge is 2.47. The molecule has 2 N–H and O–H groups in total. The van der Waals surface area contributed by atoms with Gasteiger partial charge in [0.1, 0.15) is 17.1 Å². The molecule has 0 aromatic heterocycles. The summed E-state index contributed by atoms with van der Waals surface area (Å²) in [6.45, 7) is 0.894. The van der Waals surface area contributed by atoms with Crippen LogP contribution in [0.25, 0.3) is 0 Å². The summed E-state index contributed by atoms with van der Waals surface area (Å²) in [7, 11) is 0. The lowest BCUT2D eigenvalue weighted by Crippen LogP contribution is -2.32. The molecule has 1 aliphatic carbocycles. The molecule has 1 aliphatic heterocycles. The first-order chi connectivity index (χ1) is 6.27. The second-order valence-corrected chi connectivity index (χ2v) is 3.82. The first-order valence-corrected chi connectivity index (χ1v) is 4.53. The van der Waals surface area contributed by atoms with E-state index in [1.165, 1.54) is 0 Å². The number of hydrogen-bond acceptors (Lipinski definition) is 3. The van der Waals surface area contributed by atoms with Crippen molar-refractivity contribution in [2.45, 2.75) is 18.4 Å². The summed E-state index contributed by atoms with van der Waals surface area (Å²) in [6.07, 6.45) is 2.24. The number of ether oxygens (including phenoxy) is 1. The Balaban J connectivity index is 2.02. The lowest BCUT2D eigenvalue weighted by Gasteiger charge is -2.27. The van der Waals surface area contributed by atoms with Crippen molar-refractivity contribution in [1.82, 2.24) is 0 Å². The molecule has 3 nitrogen and oxygen atoms in total. The molecule has 3 heteroatoms. The van der Waals surface area contributed by atoms with Crippen molar-refractivity contribution in [2.24, 2.45) is 0 Å². The minimum atomic E-state index is 0.0425. The van der Waals surface area contributed by atoms with E-state index in [-0.39, 0.29) is 11.4 Å². The summed E-state index contributed by atoms with van der Waals surface area (Å²) in [5, 5.41) is 12.6. The summed E-state index contributed by atoms with van der Waals surface area (Å²) >= 11 is 0. The molecule has 0 saturated heterocycles. The van der Waals surface area contributed by atoms with E-state index in [2.05, 4.69) is 5.32 Å². The van der Waals surface area contributed by atoms with Crippen LogP contribution in [0.3, 0.4) is 0 Å². The normalized spacial score (nSPS) is 21.5. The minimum absolute atomic E-state index is 0.0425. The summed E-state index contributed by atoms with van der Waals surface area (Å²) in [4.78, 5) is 0. The largest absolute Gasteiger partial charge is 0.508 e. The van der Waals surface area contributed by atoms with Crippen LogP contribution in [0, 0.1) is 0 Å². The lowest BCUT2D eigenvalue weighted by molar-refractivity contribution is 0.183. The predicted molar refractivity (Wildman–Crippen MR) is 49.2 cm³/mol. The number of anilines is 1. The van der Waals surface area contributed by atoms with Crippen LogP contribution in [-0.4, -0.2) is 17.3 Å². The molecular weight excluding hydrogens is 166 g/mol. The van der Waals surface area contributed by atoms with Gasteiger partial charge in [-0.3, -0.25) is 0 Å². The Labute approximate surface area is 76.3 Å². The van der Waals surface area contributed by atoms with E-state index in [9.17, 15) is 5.11 Å². The Morgan fingerprint density at radius 3 is 3.00 bits per heavy atom. The molecule has 1 heterocycles. The van der Waals surface area contributed by atoms with Gasteiger partial charge < -0.3 is 15.2 Å². The smallest absolute Gasteiger partial charge is 0.147 e. The molecule has 0 unspecified atom stereocenters. The van der Waals surface area contributed by atoms with E-state index in [1.807, 2.05) is 6.07 Å². The number of aromatic hydroxyl groups is 1. The molecule has 0 amide bonds. The third-order valence-corrected chi connectivity index (χ3v) is 2.70. The van der Waals surface area contributed by atoms with Crippen molar-refractivity contribution in [3.05, 3.63) is 18.2 Å². The zero-order valence-corrected chi connectivity index (χ0v) is 7.21. The van der Waals surface area contributed by atoms with Gasteiger partial charge in [0.2, 0.25) is 0 Å². The van der Waals surface area contributed by atoms with Crippen molar-refractivity contribution >= 4 is 5.69 Å². The van der Waals surface area contributed by atoms with Crippen LogP contribution >= 0.6 is 0 Å². The molecule has 1 saturated carbocycles. The molecule has 13 heavy (non-hydrogen) atoms. The van der Waals surface area contributed by atoms with Gasteiger partial charge in [0.25, 0.3) is 0 Å². The Bertz CT molecular complexity index is 358. The molecule has 0 atom stereocenters. The second-order valence-electron chi connectivity index (χ2n) is 3.82. The minimum Gasteiger partial charge on any atom is -0.508 e. The van der Waals surface area contributed by atoms with Crippen molar-refractivity contribution in [3.63, 3.8) is 0 Å². The highest BCUT2D eigenvalue weighted by molar-refractivity contribution is 5.61. The lowest BCUT2D eigenvalue weighted by atomic mass is 10.2. The molecule has 0 bridgehead atoms. The first kappa shape index (κ1) is 7.06. The van der Waals surface area contributed by atoms with Gasteiger partial charge in [0.05, 0.1) is 12.2 Å². The third kappa shape index (κ3) is 1.03. The van der Waals surface area contributed by atoms with Gasteiger partial charge in [-0.1, -0.05) is 0 Å². The van der Waals surface area contributed by atoms with Gasteiger partial charge in [0.15, 0.2) is 0 Å². The van der Waals surface area contributed by atoms with Crippen molar-refractivity contribution in [3.8, 4) is 11.5 Å². The zero-order valence-electron chi connectivity index (χ0n) is 7.21. The maximum atomic E-state index is 9.27. The predicted octanol–water partition coefficient (Wildman–Crippen LogP) is 1.73. The van der Waals surface area contributed by atoms with E-state index >= 15 is 0 Å². The van der Waals surface area contributed by atoms with E-state index in [1.54, 1.807) is 12.1 Å². The van der Waals surface area contributed by atoms with E-state index in [0.29, 0.717) is 0 Å². The van der Waals surface area contributed by atoms with E-state index < -0.39 is 0 Å². The fraction of sp³-hybridized carbons (Fsp3) is 0.400. The number of benzene rings is 1. The molecule has 68 valence electrons. The molecule has 1 aromatic carbocycles. The van der Waals surface area contributed by atoms with Crippen LogP contribution in [0.15, 0.2) is 18.2 Å². The van der Waals surface area contributed by atoms with Gasteiger partial charge >= 0.3 is 0 Å². The van der Waals surface area contributed by atoms with Crippen LogP contribution < -0.4 is 10.1 Å². The SMILES string of the molecule is Oc1ccc2c(c1)OC1(CC1)CN2. The first-order valence-electron chi connectivity index (χ1n) is 4.53. The summed E-state index contributed by atoms with van der Waals surface area (Å²) in [6, 6.07) is 5.18. The molecule has 0 radical (unpaired) electrons. The van der Waals surface area contributed by atoms with Crippen LogP contribution in [0.5, 0.6) is 11.5 Å². The number of hydrogen-bond donors (Lipinski definition) is 2. The van der Waals surface area contributed by atoms with Crippen molar-refractivity contribution in [2.75, 3.05) is 11.9 Å². The summed E-state index contributed by atoms with van der Waals surface area (Å²) in [5.74, 6) is 1.04. The molecule has 1 fully saturated rings. The molecular formula is C10H11NO2. The Morgan fingerprint density at radius 1 is 1.38 bits per heavy atom. The van der Waals surface area contributed by atoms with Gasteiger partial charge in [-0.15, -0.1) is 0 Å². The topological polar surface area (TPSA) is 41.5 Å². The van der Waals surface area contributed by atoms with Crippen LogP contribution in [-0.2, 0) is 0 Å². The van der Waals surface area contributed by atoms with E-state index in [4.69, 9.17) is 4.74 Å². The monoisotopic (exact) mass is 177 g/mol. The van der Waals surface area contributed by atoms with Crippen LogP contribution in [0.1, 0.15) is 12.8 Å². The highest BCUT2D eigenvalue weighted by atomic mass is 16.5. The Hall–Kier alpha value is -1.38. The average molecular weight is 177 g/mol. The average Bonchev–Trinajstić information content (AvgIpc) is 2.84.